The predicted molar refractivity (Wildman–Crippen MR) is 133 cm³/mol. The second-order valence-electron chi connectivity index (χ2n) is 7.41. The van der Waals surface area contributed by atoms with Gasteiger partial charge in [-0.05, 0) is 56.3 Å². The molecule has 5 nitrogen and oxygen atoms in total. The lowest BCUT2D eigenvalue weighted by molar-refractivity contribution is -0.119. The fraction of sp³-hybridized carbons (Fsp3) is 0.417. The van der Waals surface area contributed by atoms with E-state index in [0.717, 1.165) is 40.7 Å². The number of anilines is 1. The van der Waals surface area contributed by atoms with E-state index in [4.69, 9.17) is 9.72 Å². The van der Waals surface area contributed by atoms with E-state index in [2.05, 4.69) is 44.7 Å². The first kappa shape index (κ1) is 25.1. The van der Waals surface area contributed by atoms with Crippen molar-refractivity contribution < 1.29 is 9.53 Å². The van der Waals surface area contributed by atoms with Crippen LogP contribution in [0, 0.1) is 13.8 Å². The van der Waals surface area contributed by atoms with Crippen molar-refractivity contribution in [2.75, 3.05) is 37.7 Å². The number of ether oxygens (including phenoxy) is 1. The molecular formula is C24H32ClN3O2S. The number of halogens is 1. The Hall–Kier alpha value is -2.15. The number of amides is 1. The molecule has 7 heteroatoms. The minimum absolute atomic E-state index is 0. The van der Waals surface area contributed by atoms with Gasteiger partial charge < -0.3 is 9.64 Å². The van der Waals surface area contributed by atoms with Crippen molar-refractivity contribution in [1.82, 2.24) is 9.88 Å². The van der Waals surface area contributed by atoms with Gasteiger partial charge in [0, 0.05) is 13.1 Å². The van der Waals surface area contributed by atoms with Crippen LogP contribution >= 0.6 is 23.7 Å². The van der Waals surface area contributed by atoms with Gasteiger partial charge >= 0.3 is 0 Å². The Balaban J connectivity index is 0.00000341. The van der Waals surface area contributed by atoms with E-state index in [9.17, 15) is 4.79 Å². The third-order valence-electron chi connectivity index (χ3n) is 5.20. The van der Waals surface area contributed by atoms with Gasteiger partial charge in [0.1, 0.15) is 5.75 Å². The highest BCUT2D eigenvalue weighted by atomic mass is 35.5. The molecule has 0 N–H and O–H groups in total. The van der Waals surface area contributed by atoms with Crippen molar-refractivity contribution in [3.05, 3.63) is 53.6 Å². The summed E-state index contributed by atoms with van der Waals surface area (Å²) in [4.78, 5) is 22.1. The normalized spacial score (nSPS) is 10.9. The number of nitrogens with zero attached hydrogens (tertiary/aromatic N) is 3. The molecule has 0 unspecified atom stereocenters. The lowest BCUT2D eigenvalue weighted by Gasteiger charge is -2.24. The molecule has 1 heterocycles. The lowest BCUT2D eigenvalue weighted by atomic mass is 10.1. The summed E-state index contributed by atoms with van der Waals surface area (Å²) in [6, 6.07) is 13.9. The SMILES string of the molecule is CCN(CC)CCN(C(=O)CCOc1ccccc1)c1nc2cc(C)cc(C)c2s1.Cl. The topological polar surface area (TPSA) is 45.7 Å². The summed E-state index contributed by atoms with van der Waals surface area (Å²) >= 11 is 1.60. The van der Waals surface area contributed by atoms with Gasteiger partial charge in [-0.1, -0.05) is 49.4 Å². The molecule has 1 amide bonds. The number of aryl methyl sites for hydroxylation is 2. The van der Waals surface area contributed by atoms with Crippen LogP contribution < -0.4 is 9.64 Å². The zero-order valence-corrected chi connectivity index (χ0v) is 20.4. The zero-order valence-electron chi connectivity index (χ0n) is 18.8. The molecule has 0 fully saturated rings. The highest BCUT2D eigenvalue weighted by molar-refractivity contribution is 7.22. The minimum atomic E-state index is 0. The smallest absolute Gasteiger partial charge is 0.232 e. The monoisotopic (exact) mass is 461 g/mol. The third-order valence-corrected chi connectivity index (χ3v) is 6.43. The average Bonchev–Trinajstić information content (AvgIpc) is 3.16. The van der Waals surface area contributed by atoms with Gasteiger partial charge in [-0.3, -0.25) is 9.69 Å². The summed E-state index contributed by atoms with van der Waals surface area (Å²) in [6.07, 6.45) is 0.321. The Bertz CT molecular complexity index is 974. The van der Waals surface area contributed by atoms with Crippen molar-refractivity contribution in [3.63, 3.8) is 0 Å². The minimum Gasteiger partial charge on any atom is -0.493 e. The molecule has 2 aromatic carbocycles. The fourth-order valence-electron chi connectivity index (χ4n) is 3.50. The molecule has 0 saturated heterocycles. The van der Waals surface area contributed by atoms with Crippen molar-refractivity contribution in [1.29, 1.82) is 0 Å². The van der Waals surface area contributed by atoms with Gasteiger partial charge in [0.15, 0.2) is 5.13 Å². The van der Waals surface area contributed by atoms with E-state index in [-0.39, 0.29) is 18.3 Å². The van der Waals surface area contributed by atoms with Crippen LogP contribution in [0.15, 0.2) is 42.5 Å². The van der Waals surface area contributed by atoms with E-state index in [1.54, 1.807) is 11.3 Å². The highest BCUT2D eigenvalue weighted by Crippen LogP contribution is 2.32. The summed E-state index contributed by atoms with van der Waals surface area (Å²) in [5.74, 6) is 0.831. The summed E-state index contributed by atoms with van der Waals surface area (Å²) in [5, 5.41) is 0.774. The van der Waals surface area contributed by atoms with Crippen LogP contribution in [0.2, 0.25) is 0 Å². The average molecular weight is 462 g/mol. The largest absolute Gasteiger partial charge is 0.493 e. The van der Waals surface area contributed by atoms with Gasteiger partial charge in [-0.25, -0.2) is 4.98 Å². The molecule has 0 aliphatic heterocycles. The number of likely N-dealkylation sites (N-methyl/N-ethyl adjacent to an activating group) is 1. The standard InChI is InChI=1S/C24H31N3O2S.ClH/c1-5-26(6-2)13-14-27(22(28)12-15-29-20-10-8-7-9-11-20)24-25-21-17-18(3)16-19(4)23(21)30-24;/h7-11,16-17H,5-6,12-15H2,1-4H3;1H. The molecule has 3 rings (SSSR count). The van der Waals surface area contributed by atoms with Crippen LogP contribution in [0.1, 0.15) is 31.4 Å². The molecule has 3 aromatic rings. The number of carbonyl (C=O) groups is 1. The molecule has 0 radical (unpaired) electrons. The fourth-order valence-corrected chi connectivity index (χ4v) is 4.56. The van der Waals surface area contributed by atoms with E-state index in [0.29, 0.717) is 19.6 Å². The predicted octanol–water partition coefficient (Wildman–Crippen LogP) is 5.48. The molecule has 0 aliphatic rings. The lowest BCUT2D eigenvalue weighted by Crippen LogP contribution is -2.39. The summed E-state index contributed by atoms with van der Waals surface area (Å²) in [5.41, 5.74) is 3.36. The summed E-state index contributed by atoms with van der Waals surface area (Å²) in [6.45, 7) is 12.2. The van der Waals surface area contributed by atoms with Gasteiger partial charge in [0.05, 0.1) is 23.2 Å². The van der Waals surface area contributed by atoms with Gasteiger partial charge in [0.25, 0.3) is 0 Å². The van der Waals surface area contributed by atoms with Crippen LogP contribution in [-0.4, -0.2) is 48.6 Å². The molecule has 31 heavy (non-hydrogen) atoms. The van der Waals surface area contributed by atoms with Gasteiger partial charge in [-0.2, -0.15) is 0 Å². The van der Waals surface area contributed by atoms with Crippen LogP contribution in [0.3, 0.4) is 0 Å². The molecule has 0 bridgehead atoms. The molecule has 0 atom stereocenters. The second-order valence-corrected chi connectivity index (χ2v) is 8.39. The number of rotatable bonds is 10. The van der Waals surface area contributed by atoms with Crippen LogP contribution in [0.4, 0.5) is 5.13 Å². The number of aromatic nitrogens is 1. The maximum Gasteiger partial charge on any atom is 0.232 e. The quantitative estimate of drug-likeness (QED) is 0.401. The number of fused-ring (bicyclic) bond motifs is 1. The Morgan fingerprint density at radius 2 is 1.77 bits per heavy atom. The molecule has 0 saturated carbocycles. The van der Waals surface area contributed by atoms with Gasteiger partial charge in [-0.15, -0.1) is 12.4 Å². The Morgan fingerprint density at radius 3 is 2.45 bits per heavy atom. The number of hydrogen-bond acceptors (Lipinski definition) is 5. The van der Waals surface area contributed by atoms with E-state index >= 15 is 0 Å². The number of benzene rings is 2. The zero-order chi connectivity index (χ0) is 21.5. The van der Waals surface area contributed by atoms with E-state index < -0.39 is 0 Å². The molecule has 1 aromatic heterocycles. The number of hydrogen-bond donors (Lipinski definition) is 0. The Labute approximate surface area is 195 Å². The highest BCUT2D eigenvalue weighted by Gasteiger charge is 2.21. The molecule has 168 valence electrons. The molecule has 0 aliphatic carbocycles. The first-order valence-corrected chi connectivity index (χ1v) is 11.4. The first-order valence-electron chi connectivity index (χ1n) is 10.6. The molecule has 0 spiro atoms. The maximum atomic E-state index is 13.1. The van der Waals surface area contributed by atoms with Crippen molar-refractivity contribution in [2.24, 2.45) is 0 Å². The Morgan fingerprint density at radius 1 is 1.06 bits per heavy atom. The maximum absolute atomic E-state index is 13.1. The van der Waals surface area contributed by atoms with Crippen LogP contribution in [-0.2, 0) is 4.79 Å². The Kier molecular flexibility index (Phi) is 9.75. The number of para-hydroxylation sites is 1. The van der Waals surface area contributed by atoms with Crippen molar-refractivity contribution in [2.45, 2.75) is 34.1 Å². The first-order chi connectivity index (χ1) is 14.5. The van der Waals surface area contributed by atoms with E-state index in [1.165, 1.54) is 11.1 Å². The van der Waals surface area contributed by atoms with Crippen LogP contribution in [0.5, 0.6) is 5.75 Å². The number of thiazole rings is 1. The second kappa shape index (κ2) is 12.0. The summed E-state index contributed by atoms with van der Waals surface area (Å²) in [7, 11) is 0. The van der Waals surface area contributed by atoms with Crippen LogP contribution in [0.25, 0.3) is 10.2 Å². The van der Waals surface area contributed by atoms with Gasteiger partial charge in [0.2, 0.25) is 5.91 Å². The number of carbonyl (C=O) groups excluding carboxylic acids is 1. The van der Waals surface area contributed by atoms with Crippen molar-refractivity contribution in [3.8, 4) is 5.75 Å². The summed E-state index contributed by atoms with van der Waals surface area (Å²) < 4.78 is 6.90. The van der Waals surface area contributed by atoms with Crippen molar-refractivity contribution >= 4 is 45.0 Å². The third kappa shape index (κ3) is 6.66. The van der Waals surface area contributed by atoms with E-state index in [1.807, 2.05) is 35.2 Å². The molecular weight excluding hydrogens is 430 g/mol.